The van der Waals surface area contributed by atoms with Crippen molar-refractivity contribution in [2.75, 3.05) is 0 Å². The van der Waals surface area contributed by atoms with Crippen LogP contribution in [0.2, 0.25) is 0 Å². The summed E-state index contributed by atoms with van der Waals surface area (Å²) in [7, 11) is 0. The van der Waals surface area contributed by atoms with Crippen molar-refractivity contribution in [1.29, 1.82) is 0 Å². The fraction of sp³-hybridized carbons (Fsp3) is 0. The molecule has 2 rings (SSSR count). The van der Waals surface area contributed by atoms with Crippen LogP contribution in [-0.4, -0.2) is 10.0 Å². The lowest BCUT2D eigenvalue weighted by atomic mass is 10.3. The van der Waals surface area contributed by atoms with Gasteiger partial charge in [-0.25, -0.2) is 0 Å². The van der Waals surface area contributed by atoms with Crippen molar-refractivity contribution >= 4 is 33.0 Å². The van der Waals surface area contributed by atoms with Gasteiger partial charge in [0.05, 0.1) is 10.6 Å². The topological polar surface area (TPSA) is 88.1 Å². The monoisotopic (exact) mass is 321 g/mol. The van der Waals surface area contributed by atoms with E-state index in [9.17, 15) is 15.2 Å². The lowest BCUT2D eigenvalue weighted by Gasteiger charge is -1.98. The number of hydrogen-bond acceptors (Lipinski definition) is 5. The van der Waals surface area contributed by atoms with Crippen LogP contribution in [-0.2, 0) is 0 Å². The number of phenols is 1. The number of azo groups is 1. The second-order valence-electron chi connectivity index (χ2n) is 3.61. The molecule has 2 aromatic carbocycles. The SMILES string of the molecule is O=[N+]([O-])c1ccc(N=Nc2cc(Br)ccc2O)cc1. The molecule has 0 aliphatic carbocycles. The van der Waals surface area contributed by atoms with Crippen LogP contribution in [0.4, 0.5) is 17.1 Å². The first kappa shape index (κ1) is 13.2. The second-order valence-corrected chi connectivity index (χ2v) is 4.52. The predicted octanol–water partition coefficient (Wildman–Crippen LogP) is 4.48. The molecule has 0 amide bonds. The smallest absolute Gasteiger partial charge is 0.269 e. The maximum atomic E-state index is 10.5. The summed E-state index contributed by atoms with van der Waals surface area (Å²) in [5, 5.41) is 27.8. The Balaban J connectivity index is 2.22. The van der Waals surface area contributed by atoms with Crippen molar-refractivity contribution in [3.63, 3.8) is 0 Å². The van der Waals surface area contributed by atoms with Crippen LogP contribution >= 0.6 is 15.9 Å². The molecular formula is C12H8BrN3O3. The molecule has 96 valence electrons. The van der Waals surface area contributed by atoms with Crippen LogP contribution in [0.25, 0.3) is 0 Å². The third-order valence-corrected chi connectivity index (χ3v) is 2.76. The number of halogens is 1. The molecule has 0 heterocycles. The van der Waals surface area contributed by atoms with Crippen molar-refractivity contribution in [2.45, 2.75) is 0 Å². The summed E-state index contributed by atoms with van der Waals surface area (Å²) in [4.78, 5) is 10.0. The van der Waals surface area contributed by atoms with Gasteiger partial charge in [-0.15, -0.1) is 5.11 Å². The van der Waals surface area contributed by atoms with Crippen molar-refractivity contribution < 1.29 is 10.0 Å². The van der Waals surface area contributed by atoms with Gasteiger partial charge >= 0.3 is 0 Å². The van der Waals surface area contributed by atoms with Crippen molar-refractivity contribution in [3.05, 3.63) is 57.1 Å². The highest BCUT2D eigenvalue weighted by molar-refractivity contribution is 9.10. The number of phenolic OH excluding ortho intramolecular Hbond substituents is 1. The second kappa shape index (κ2) is 5.57. The van der Waals surface area contributed by atoms with E-state index >= 15 is 0 Å². The van der Waals surface area contributed by atoms with Crippen LogP contribution in [0.3, 0.4) is 0 Å². The van der Waals surface area contributed by atoms with Gasteiger partial charge < -0.3 is 5.11 Å². The molecule has 0 spiro atoms. The van der Waals surface area contributed by atoms with Gasteiger partial charge in [0.15, 0.2) is 0 Å². The largest absolute Gasteiger partial charge is 0.506 e. The number of nitrogens with zero attached hydrogens (tertiary/aromatic N) is 3. The minimum Gasteiger partial charge on any atom is -0.506 e. The summed E-state index contributed by atoms with van der Waals surface area (Å²) in [6.45, 7) is 0. The van der Waals surface area contributed by atoms with Crippen LogP contribution in [0.5, 0.6) is 5.75 Å². The third-order valence-electron chi connectivity index (χ3n) is 2.27. The lowest BCUT2D eigenvalue weighted by molar-refractivity contribution is -0.384. The normalized spacial score (nSPS) is 10.8. The number of non-ortho nitro benzene ring substituents is 1. The molecule has 1 N–H and O–H groups in total. The van der Waals surface area contributed by atoms with Gasteiger partial charge in [0.1, 0.15) is 11.4 Å². The van der Waals surface area contributed by atoms with E-state index in [0.717, 1.165) is 4.47 Å². The summed E-state index contributed by atoms with van der Waals surface area (Å²) >= 11 is 3.26. The van der Waals surface area contributed by atoms with E-state index in [1.807, 2.05) is 0 Å². The van der Waals surface area contributed by atoms with Gasteiger partial charge in [-0.3, -0.25) is 10.1 Å². The Bertz CT molecular complexity index is 641. The van der Waals surface area contributed by atoms with Gasteiger partial charge in [-0.1, -0.05) is 15.9 Å². The van der Waals surface area contributed by atoms with Gasteiger partial charge in [-0.05, 0) is 30.3 Å². The number of benzene rings is 2. The van der Waals surface area contributed by atoms with Gasteiger partial charge in [0.2, 0.25) is 0 Å². The molecule has 0 atom stereocenters. The molecular weight excluding hydrogens is 314 g/mol. The molecule has 0 fully saturated rings. The lowest BCUT2D eigenvalue weighted by Crippen LogP contribution is -1.85. The summed E-state index contributed by atoms with van der Waals surface area (Å²) in [6, 6.07) is 10.4. The highest BCUT2D eigenvalue weighted by Crippen LogP contribution is 2.31. The fourth-order valence-electron chi connectivity index (χ4n) is 1.33. The highest BCUT2D eigenvalue weighted by Gasteiger charge is 2.04. The molecule has 2 aromatic rings. The van der Waals surface area contributed by atoms with Crippen LogP contribution in [0.1, 0.15) is 0 Å². The third kappa shape index (κ3) is 3.35. The first-order valence-corrected chi connectivity index (χ1v) is 6.00. The van der Waals surface area contributed by atoms with E-state index in [1.54, 1.807) is 12.1 Å². The number of rotatable bonds is 3. The maximum absolute atomic E-state index is 10.5. The quantitative estimate of drug-likeness (QED) is 0.513. The molecule has 0 aliphatic rings. The maximum Gasteiger partial charge on any atom is 0.269 e. The molecule has 0 unspecified atom stereocenters. The van der Waals surface area contributed by atoms with Gasteiger partial charge in [-0.2, -0.15) is 5.11 Å². The number of nitro benzene ring substituents is 1. The molecule has 0 saturated heterocycles. The average Bonchev–Trinajstić information content (AvgIpc) is 2.40. The summed E-state index contributed by atoms with van der Waals surface area (Å²) in [5.74, 6) is 0.00821. The van der Waals surface area contributed by atoms with Crippen LogP contribution in [0, 0.1) is 10.1 Å². The zero-order valence-corrected chi connectivity index (χ0v) is 11.1. The standard InChI is InChI=1S/C12H8BrN3O3/c13-8-1-6-12(17)11(7-8)15-14-9-2-4-10(5-3-9)16(18)19/h1-7,17H. The number of nitro groups is 1. The Labute approximate surface area is 116 Å². The van der Waals surface area contributed by atoms with E-state index in [-0.39, 0.29) is 11.4 Å². The molecule has 0 aromatic heterocycles. The van der Waals surface area contributed by atoms with Crippen LogP contribution < -0.4 is 0 Å². The van der Waals surface area contributed by atoms with E-state index < -0.39 is 4.92 Å². The summed E-state index contributed by atoms with van der Waals surface area (Å²) < 4.78 is 0.767. The number of hydrogen-bond donors (Lipinski definition) is 1. The summed E-state index contributed by atoms with van der Waals surface area (Å²) in [6.07, 6.45) is 0. The molecule has 0 saturated carbocycles. The van der Waals surface area contributed by atoms with E-state index in [1.165, 1.54) is 30.3 Å². The Morgan fingerprint density at radius 2 is 1.79 bits per heavy atom. The van der Waals surface area contributed by atoms with Crippen molar-refractivity contribution in [1.82, 2.24) is 0 Å². The predicted molar refractivity (Wildman–Crippen MR) is 73.1 cm³/mol. The Morgan fingerprint density at radius 1 is 1.11 bits per heavy atom. The highest BCUT2D eigenvalue weighted by atomic mass is 79.9. The Kier molecular flexibility index (Phi) is 3.86. The van der Waals surface area contributed by atoms with E-state index in [2.05, 4.69) is 26.2 Å². The fourth-order valence-corrected chi connectivity index (χ4v) is 1.68. The zero-order valence-electron chi connectivity index (χ0n) is 9.52. The molecule has 0 bridgehead atoms. The minimum absolute atomic E-state index is 0.00821. The molecule has 19 heavy (non-hydrogen) atoms. The first-order chi connectivity index (χ1) is 9.06. The van der Waals surface area contributed by atoms with Crippen LogP contribution in [0.15, 0.2) is 57.2 Å². The number of aromatic hydroxyl groups is 1. The zero-order chi connectivity index (χ0) is 13.8. The van der Waals surface area contributed by atoms with E-state index in [0.29, 0.717) is 11.4 Å². The molecule has 0 aliphatic heterocycles. The van der Waals surface area contributed by atoms with Gasteiger partial charge in [0.25, 0.3) is 5.69 Å². The molecule has 7 heteroatoms. The molecule has 6 nitrogen and oxygen atoms in total. The summed E-state index contributed by atoms with van der Waals surface area (Å²) in [5.41, 5.74) is 0.766. The molecule has 0 radical (unpaired) electrons. The average molecular weight is 322 g/mol. The first-order valence-electron chi connectivity index (χ1n) is 5.21. The van der Waals surface area contributed by atoms with Crippen molar-refractivity contribution in [3.8, 4) is 5.75 Å². The Hall–Kier alpha value is -2.28. The van der Waals surface area contributed by atoms with E-state index in [4.69, 9.17) is 0 Å². The van der Waals surface area contributed by atoms with Gasteiger partial charge in [0, 0.05) is 16.6 Å². The Morgan fingerprint density at radius 3 is 2.42 bits per heavy atom. The van der Waals surface area contributed by atoms with Crippen molar-refractivity contribution in [2.24, 2.45) is 10.2 Å². The minimum atomic E-state index is -0.485.